The van der Waals surface area contributed by atoms with Gasteiger partial charge in [-0.3, -0.25) is 10.0 Å². The summed E-state index contributed by atoms with van der Waals surface area (Å²) in [5.41, 5.74) is 0. The summed E-state index contributed by atoms with van der Waals surface area (Å²) < 4.78 is 10.2. The fourth-order valence-electron chi connectivity index (χ4n) is 0.652. The first-order valence-corrected chi connectivity index (χ1v) is 5.16. The normalized spacial score (nSPS) is 16.4. The Hall–Kier alpha value is 0.540. The second-order valence-electron chi connectivity index (χ2n) is 2.57. The van der Waals surface area contributed by atoms with Gasteiger partial charge in [-0.05, 0) is 0 Å². The third kappa shape index (κ3) is 9.11. The number of carbonyl (C=O) groups excluding carboxylic acids is 1. The maximum Gasteiger partial charge on any atom is 1.00 e. The first-order chi connectivity index (χ1) is 5.72. The van der Waals surface area contributed by atoms with Gasteiger partial charge >= 0.3 is 29.6 Å². The second kappa shape index (κ2) is 6.92. The minimum Gasteiger partial charge on any atom is -0.779 e. The molecule has 0 spiro atoms. The van der Waals surface area contributed by atoms with E-state index in [4.69, 9.17) is 15.2 Å². The Bertz CT molecular complexity index is 230. The van der Waals surface area contributed by atoms with E-state index in [-0.39, 0.29) is 34.6 Å². The molecule has 2 atom stereocenters. The molecule has 0 fully saturated rings. The maximum atomic E-state index is 10.4. The molecule has 7 nitrogen and oxygen atoms in total. The Morgan fingerprint density at radius 2 is 2.07 bits per heavy atom. The summed E-state index contributed by atoms with van der Waals surface area (Å²) in [5, 5.41) is 17.8. The van der Waals surface area contributed by atoms with Gasteiger partial charge in [0, 0.05) is 13.1 Å². The number of hydroxylamine groups is 2. The van der Waals surface area contributed by atoms with Crippen LogP contribution in [0.25, 0.3) is 0 Å². The van der Waals surface area contributed by atoms with Gasteiger partial charge in [-0.15, -0.1) is 0 Å². The molecule has 2 unspecified atom stereocenters. The van der Waals surface area contributed by atoms with E-state index in [1.165, 1.54) is 0 Å². The molecule has 0 aromatic carbocycles. The molecule has 0 aliphatic heterocycles. The Balaban J connectivity index is 0. The predicted octanol–water partition coefficient (Wildman–Crippen LogP) is -4.87. The monoisotopic (exact) mass is 235 g/mol. The van der Waals surface area contributed by atoms with Crippen molar-refractivity contribution in [2.24, 2.45) is 0 Å². The van der Waals surface area contributed by atoms with Gasteiger partial charge in [0.05, 0.1) is 12.6 Å². The van der Waals surface area contributed by atoms with Crippen molar-refractivity contribution in [1.29, 1.82) is 0 Å². The molecule has 1 amide bonds. The second-order valence-corrected chi connectivity index (χ2v) is 4.22. The van der Waals surface area contributed by atoms with E-state index in [1.807, 2.05) is 0 Å². The number of hydrogen-bond donors (Lipinski definition) is 3. The van der Waals surface area contributed by atoms with E-state index in [1.54, 1.807) is 0 Å². The zero-order valence-electron chi connectivity index (χ0n) is 7.95. The summed E-state index contributed by atoms with van der Waals surface area (Å²) >= 11 is 0. The van der Waals surface area contributed by atoms with Crippen LogP contribution < -0.4 is 34.5 Å². The average Bonchev–Trinajstić information content (AvgIpc) is 1.81. The number of rotatable bonds is 4. The van der Waals surface area contributed by atoms with Gasteiger partial charge < -0.3 is 19.5 Å². The van der Waals surface area contributed by atoms with Crippen LogP contribution in [-0.2, 0) is 9.36 Å². The SMILES string of the molecule is CC(=O)N(O)CC(O)CP(=O)([O-])O.[Na+]. The molecule has 0 aromatic rings. The van der Waals surface area contributed by atoms with Gasteiger partial charge in [0.15, 0.2) is 0 Å². The molecule has 0 saturated heterocycles. The zero-order chi connectivity index (χ0) is 10.6. The molecule has 0 radical (unpaired) electrons. The van der Waals surface area contributed by atoms with E-state index >= 15 is 0 Å². The van der Waals surface area contributed by atoms with E-state index in [9.17, 15) is 14.3 Å². The van der Waals surface area contributed by atoms with Crippen molar-refractivity contribution < 1.29 is 59.0 Å². The maximum absolute atomic E-state index is 10.4. The quantitative estimate of drug-likeness (QED) is 0.194. The van der Waals surface area contributed by atoms with Crippen molar-refractivity contribution in [2.75, 3.05) is 12.7 Å². The molecule has 0 rings (SSSR count). The Kier molecular flexibility index (Phi) is 8.38. The van der Waals surface area contributed by atoms with Gasteiger partial charge in [0.1, 0.15) is 7.60 Å². The summed E-state index contributed by atoms with van der Waals surface area (Å²) in [6.45, 7) is 0.491. The van der Waals surface area contributed by atoms with Crippen LogP contribution >= 0.6 is 7.60 Å². The standard InChI is InChI=1S/C5H12NO6P.Na/c1-4(7)6(9)2-5(8)3-13(10,11)12;/h5,8-9H,2-3H2,1H3,(H2,10,11,12);/q;+1/p-1. The molecule has 0 aliphatic rings. The number of aliphatic hydroxyl groups is 1. The first-order valence-electron chi connectivity index (χ1n) is 3.40. The molecule has 9 heteroatoms. The van der Waals surface area contributed by atoms with E-state index in [2.05, 4.69) is 0 Å². The van der Waals surface area contributed by atoms with Crippen LogP contribution in [0.2, 0.25) is 0 Å². The molecule has 14 heavy (non-hydrogen) atoms. The van der Waals surface area contributed by atoms with Gasteiger partial charge in [-0.1, -0.05) is 0 Å². The fourth-order valence-corrected chi connectivity index (χ4v) is 1.30. The number of amides is 1. The summed E-state index contributed by atoms with van der Waals surface area (Å²) in [5.74, 6) is -0.724. The number of aliphatic hydroxyl groups excluding tert-OH is 1. The summed E-state index contributed by atoms with van der Waals surface area (Å²) in [6, 6.07) is 0. The molecular formula is C5H11NNaO6P. The van der Waals surface area contributed by atoms with Gasteiger partial charge in [-0.25, -0.2) is 5.06 Å². The van der Waals surface area contributed by atoms with Crippen LogP contribution in [0.5, 0.6) is 0 Å². The third-order valence-electron chi connectivity index (χ3n) is 1.19. The molecule has 0 aliphatic carbocycles. The topological polar surface area (TPSA) is 121 Å². The smallest absolute Gasteiger partial charge is 0.779 e. The summed E-state index contributed by atoms with van der Waals surface area (Å²) in [6.07, 6.45) is -2.39. The van der Waals surface area contributed by atoms with Crippen LogP contribution in [0.15, 0.2) is 0 Å². The molecular weight excluding hydrogens is 224 g/mol. The molecule has 78 valence electrons. The van der Waals surface area contributed by atoms with Gasteiger partial charge in [0.25, 0.3) is 0 Å². The van der Waals surface area contributed by atoms with Crippen LogP contribution in [0.4, 0.5) is 0 Å². The van der Waals surface area contributed by atoms with Crippen molar-refractivity contribution in [1.82, 2.24) is 5.06 Å². The largest absolute Gasteiger partial charge is 1.00 e. The number of nitrogens with zero attached hydrogens (tertiary/aromatic N) is 1. The Morgan fingerprint density at radius 3 is 2.36 bits per heavy atom. The Morgan fingerprint density at radius 1 is 1.64 bits per heavy atom. The van der Waals surface area contributed by atoms with E-state index in [0.29, 0.717) is 0 Å². The number of hydrogen-bond acceptors (Lipinski definition) is 5. The Labute approximate surface area is 103 Å². The van der Waals surface area contributed by atoms with Crippen LogP contribution in [0.1, 0.15) is 6.92 Å². The molecule has 0 bridgehead atoms. The average molecular weight is 235 g/mol. The molecule has 0 saturated carbocycles. The molecule has 0 aromatic heterocycles. The van der Waals surface area contributed by atoms with Crippen molar-refractivity contribution in [3.63, 3.8) is 0 Å². The van der Waals surface area contributed by atoms with E-state index in [0.717, 1.165) is 6.92 Å². The molecule has 3 N–H and O–H groups in total. The van der Waals surface area contributed by atoms with Crippen molar-refractivity contribution in [3.8, 4) is 0 Å². The summed E-state index contributed by atoms with van der Waals surface area (Å²) in [7, 11) is -4.56. The zero-order valence-corrected chi connectivity index (χ0v) is 10.8. The minimum absolute atomic E-state index is 0. The minimum atomic E-state index is -4.56. The predicted molar refractivity (Wildman–Crippen MR) is 39.9 cm³/mol. The summed E-state index contributed by atoms with van der Waals surface area (Å²) in [4.78, 5) is 28.9. The third-order valence-corrected chi connectivity index (χ3v) is 2.07. The molecule has 0 heterocycles. The van der Waals surface area contributed by atoms with Crippen molar-refractivity contribution >= 4 is 13.5 Å². The van der Waals surface area contributed by atoms with Crippen LogP contribution in [0.3, 0.4) is 0 Å². The van der Waals surface area contributed by atoms with Crippen LogP contribution in [0, 0.1) is 0 Å². The van der Waals surface area contributed by atoms with Crippen molar-refractivity contribution in [3.05, 3.63) is 0 Å². The van der Waals surface area contributed by atoms with Crippen molar-refractivity contribution in [2.45, 2.75) is 13.0 Å². The first kappa shape index (κ1) is 17.0. The van der Waals surface area contributed by atoms with Crippen LogP contribution in [-0.4, -0.2) is 45.0 Å². The number of carbonyl (C=O) groups is 1. The fraction of sp³-hybridized carbons (Fsp3) is 0.800. The van der Waals surface area contributed by atoms with E-state index < -0.39 is 32.3 Å². The van der Waals surface area contributed by atoms with Gasteiger partial charge in [-0.2, -0.15) is 0 Å². The van der Waals surface area contributed by atoms with Gasteiger partial charge in [0.2, 0.25) is 5.91 Å².